The summed E-state index contributed by atoms with van der Waals surface area (Å²) in [7, 11) is -3.18. The first-order chi connectivity index (χ1) is 11.2. The normalized spacial score (nSPS) is 18.2. The van der Waals surface area contributed by atoms with Gasteiger partial charge in [0.25, 0.3) is 5.91 Å². The van der Waals surface area contributed by atoms with Crippen LogP contribution in [0.2, 0.25) is 0 Å². The fourth-order valence-corrected chi connectivity index (χ4v) is 3.59. The molecule has 1 saturated heterocycles. The number of rotatable bonds is 5. The van der Waals surface area contributed by atoms with Gasteiger partial charge in [0, 0.05) is 19.3 Å². The molecule has 0 radical (unpaired) electrons. The van der Waals surface area contributed by atoms with Gasteiger partial charge in [0.1, 0.15) is 0 Å². The van der Waals surface area contributed by atoms with Gasteiger partial charge in [0.15, 0.2) is 16.4 Å². The summed E-state index contributed by atoms with van der Waals surface area (Å²) in [6, 6.07) is 6.27. The summed E-state index contributed by atoms with van der Waals surface area (Å²) in [6.07, 6.45) is 3.21. The monoisotopic (exact) mass is 353 g/mol. The van der Waals surface area contributed by atoms with E-state index < -0.39 is 15.8 Å². The van der Waals surface area contributed by atoms with Gasteiger partial charge in [-0.2, -0.15) is 0 Å². The molecule has 0 spiro atoms. The summed E-state index contributed by atoms with van der Waals surface area (Å²) < 4.78 is 27.7. The Balaban J connectivity index is 1.92. The first kappa shape index (κ1) is 18.4. The maximum atomic E-state index is 12.1. The highest BCUT2D eigenvalue weighted by molar-refractivity contribution is 7.89. The number of amides is 1. The molecular weight excluding hydrogens is 330 g/mol. The number of esters is 1. The van der Waals surface area contributed by atoms with Crippen LogP contribution >= 0.6 is 0 Å². The summed E-state index contributed by atoms with van der Waals surface area (Å²) in [5.41, 5.74) is 0.763. The van der Waals surface area contributed by atoms with Crippen LogP contribution in [0.3, 0.4) is 0 Å². The summed E-state index contributed by atoms with van der Waals surface area (Å²) in [5.74, 6) is -0.490. The highest BCUT2D eigenvalue weighted by Crippen LogP contribution is 2.16. The predicted molar refractivity (Wildman–Crippen MR) is 90.3 cm³/mol. The Morgan fingerprint density at radius 1 is 1.33 bits per heavy atom. The number of sulfone groups is 1. The first-order valence-corrected chi connectivity index (χ1v) is 10.0. The third-order valence-electron chi connectivity index (χ3n) is 3.93. The van der Waals surface area contributed by atoms with E-state index in [9.17, 15) is 18.0 Å². The fraction of sp³-hybridized carbons (Fsp3) is 0.529. The minimum absolute atomic E-state index is 0.140. The van der Waals surface area contributed by atoms with Gasteiger partial charge in [-0.25, -0.2) is 13.2 Å². The summed E-state index contributed by atoms with van der Waals surface area (Å²) in [4.78, 5) is 25.9. The molecule has 1 unspecified atom stereocenters. The summed E-state index contributed by atoms with van der Waals surface area (Å²) >= 11 is 0. The van der Waals surface area contributed by atoms with Crippen molar-refractivity contribution in [3.63, 3.8) is 0 Å². The first-order valence-electron chi connectivity index (χ1n) is 7.96. The van der Waals surface area contributed by atoms with Crippen molar-refractivity contribution in [1.82, 2.24) is 4.90 Å². The number of hydrogen-bond acceptors (Lipinski definition) is 5. The Morgan fingerprint density at radius 3 is 2.75 bits per heavy atom. The largest absolute Gasteiger partial charge is 0.452 e. The van der Waals surface area contributed by atoms with Crippen LogP contribution in [0.5, 0.6) is 0 Å². The Hall–Kier alpha value is -1.89. The zero-order valence-electron chi connectivity index (χ0n) is 14.0. The van der Waals surface area contributed by atoms with Crippen LogP contribution in [0.25, 0.3) is 0 Å². The van der Waals surface area contributed by atoms with E-state index in [1.807, 2.05) is 0 Å². The standard InChI is InChI=1S/C17H23NO5S/c1-13-5-4-8-18(10-13)16(19)11-23-17(20)15-7-3-6-14(9-15)12-24(2,21)22/h3,6-7,9,13H,4-5,8,10-12H2,1-2H3. The SMILES string of the molecule is CC1CCCN(C(=O)COC(=O)c2cccc(CS(C)(=O)=O)c2)C1. The maximum Gasteiger partial charge on any atom is 0.338 e. The van der Waals surface area contributed by atoms with Crippen molar-refractivity contribution in [1.29, 1.82) is 0 Å². The third kappa shape index (κ3) is 5.63. The van der Waals surface area contributed by atoms with Gasteiger partial charge in [-0.05, 0) is 36.5 Å². The van der Waals surface area contributed by atoms with Crippen LogP contribution in [0.15, 0.2) is 24.3 Å². The lowest BCUT2D eigenvalue weighted by Gasteiger charge is -2.30. The Kier molecular flexibility index (Phi) is 5.99. The number of carbonyl (C=O) groups is 2. The zero-order chi connectivity index (χ0) is 17.7. The lowest BCUT2D eigenvalue weighted by Crippen LogP contribution is -2.41. The second-order valence-electron chi connectivity index (χ2n) is 6.43. The molecule has 132 valence electrons. The minimum Gasteiger partial charge on any atom is -0.452 e. The fourth-order valence-electron chi connectivity index (χ4n) is 2.81. The molecule has 1 aromatic carbocycles. The molecule has 2 rings (SSSR count). The number of benzene rings is 1. The molecular formula is C17H23NO5S. The van der Waals surface area contributed by atoms with Gasteiger partial charge in [0.2, 0.25) is 0 Å². The highest BCUT2D eigenvalue weighted by Gasteiger charge is 2.22. The number of carbonyl (C=O) groups excluding carboxylic acids is 2. The van der Waals surface area contributed by atoms with Gasteiger partial charge in [-0.15, -0.1) is 0 Å². The zero-order valence-corrected chi connectivity index (χ0v) is 14.8. The Bertz CT molecular complexity index is 713. The van der Waals surface area contributed by atoms with Crippen molar-refractivity contribution < 1.29 is 22.7 Å². The average molecular weight is 353 g/mol. The van der Waals surface area contributed by atoms with E-state index in [-0.39, 0.29) is 23.8 Å². The van der Waals surface area contributed by atoms with E-state index >= 15 is 0 Å². The molecule has 1 atom stereocenters. The topological polar surface area (TPSA) is 80.8 Å². The predicted octanol–water partition coefficient (Wildman–Crippen LogP) is 1.65. The molecule has 1 heterocycles. The quantitative estimate of drug-likeness (QED) is 0.752. The number of likely N-dealkylation sites (tertiary alicyclic amines) is 1. The van der Waals surface area contributed by atoms with Crippen LogP contribution < -0.4 is 0 Å². The molecule has 1 aliphatic rings. The molecule has 7 heteroatoms. The van der Waals surface area contributed by atoms with Crippen molar-refractivity contribution in [2.45, 2.75) is 25.5 Å². The molecule has 1 fully saturated rings. The van der Waals surface area contributed by atoms with Crippen LogP contribution in [-0.2, 0) is 25.1 Å². The number of hydrogen-bond donors (Lipinski definition) is 0. The number of ether oxygens (including phenoxy) is 1. The smallest absolute Gasteiger partial charge is 0.338 e. The number of nitrogens with zero attached hydrogens (tertiary/aromatic N) is 1. The second-order valence-corrected chi connectivity index (χ2v) is 8.57. The Morgan fingerprint density at radius 2 is 2.08 bits per heavy atom. The lowest BCUT2D eigenvalue weighted by molar-refractivity contribution is -0.136. The molecule has 0 N–H and O–H groups in total. The molecule has 0 aliphatic carbocycles. The Labute approximate surface area is 142 Å². The molecule has 0 aromatic heterocycles. The van der Waals surface area contributed by atoms with Gasteiger partial charge < -0.3 is 9.64 Å². The maximum absolute atomic E-state index is 12.1. The molecule has 0 saturated carbocycles. The number of piperidine rings is 1. The van der Waals surface area contributed by atoms with E-state index in [1.165, 1.54) is 6.07 Å². The van der Waals surface area contributed by atoms with E-state index in [1.54, 1.807) is 23.1 Å². The summed E-state index contributed by atoms with van der Waals surface area (Å²) in [5, 5.41) is 0. The van der Waals surface area contributed by atoms with Gasteiger partial charge in [0.05, 0.1) is 11.3 Å². The van der Waals surface area contributed by atoms with Crippen molar-refractivity contribution in [2.24, 2.45) is 5.92 Å². The van der Waals surface area contributed by atoms with Crippen molar-refractivity contribution >= 4 is 21.7 Å². The van der Waals surface area contributed by atoms with E-state index in [2.05, 4.69) is 6.92 Å². The lowest BCUT2D eigenvalue weighted by atomic mass is 10.0. The van der Waals surface area contributed by atoms with E-state index in [4.69, 9.17) is 4.74 Å². The minimum atomic E-state index is -3.18. The molecule has 24 heavy (non-hydrogen) atoms. The third-order valence-corrected chi connectivity index (χ3v) is 4.79. The van der Waals surface area contributed by atoms with Crippen molar-refractivity contribution in [2.75, 3.05) is 26.0 Å². The van der Waals surface area contributed by atoms with Gasteiger partial charge >= 0.3 is 5.97 Å². The molecule has 1 aliphatic heterocycles. The highest BCUT2D eigenvalue weighted by atomic mass is 32.2. The van der Waals surface area contributed by atoms with E-state index in [0.717, 1.165) is 19.1 Å². The van der Waals surface area contributed by atoms with Gasteiger partial charge in [-0.1, -0.05) is 19.1 Å². The molecule has 1 aromatic rings. The molecule has 1 amide bonds. The summed E-state index contributed by atoms with van der Waals surface area (Å²) in [6.45, 7) is 3.20. The molecule has 6 nitrogen and oxygen atoms in total. The second kappa shape index (κ2) is 7.79. The van der Waals surface area contributed by atoms with E-state index in [0.29, 0.717) is 24.6 Å². The van der Waals surface area contributed by atoms with Crippen LogP contribution in [-0.4, -0.2) is 51.1 Å². The van der Waals surface area contributed by atoms with Crippen LogP contribution in [0.4, 0.5) is 0 Å². The van der Waals surface area contributed by atoms with Crippen molar-refractivity contribution in [3.8, 4) is 0 Å². The molecule has 0 bridgehead atoms. The van der Waals surface area contributed by atoms with Crippen LogP contribution in [0, 0.1) is 5.92 Å². The van der Waals surface area contributed by atoms with Gasteiger partial charge in [-0.3, -0.25) is 4.79 Å². The average Bonchev–Trinajstić information content (AvgIpc) is 2.51. The van der Waals surface area contributed by atoms with Crippen molar-refractivity contribution in [3.05, 3.63) is 35.4 Å². The van der Waals surface area contributed by atoms with Crippen LogP contribution in [0.1, 0.15) is 35.7 Å².